The van der Waals surface area contributed by atoms with Crippen molar-refractivity contribution in [3.05, 3.63) is 0 Å². The van der Waals surface area contributed by atoms with Crippen LogP contribution in [0.1, 0.15) is 25.7 Å². The predicted molar refractivity (Wildman–Crippen MR) is 67.2 cm³/mol. The molecule has 0 unspecified atom stereocenters. The highest BCUT2D eigenvalue weighted by atomic mass is 19.4. The topological polar surface area (TPSA) is 41.6 Å². The molecular weight excluding hydrogens is 273 g/mol. The molecule has 20 heavy (non-hydrogen) atoms. The first-order valence-corrected chi connectivity index (χ1v) is 7.13. The Hall–Kier alpha value is -0.820. The second-order valence-electron chi connectivity index (χ2n) is 5.45. The van der Waals surface area contributed by atoms with Crippen molar-refractivity contribution < 1.29 is 22.7 Å². The molecule has 2 heterocycles. The van der Waals surface area contributed by atoms with Gasteiger partial charge < -0.3 is 15.0 Å². The van der Waals surface area contributed by atoms with Crippen LogP contribution in [0.2, 0.25) is 0 Å². The Kier molecular flexibility index (Phi) is 5.26. The molecule has 0 aliphatic carbocycles. The maximum atomic E-state index is 12.8. The predicted octanol–water partition coefficient (Wildman–Crippen LogP) is 1.56. The molecule has 0 bridgehead atoms. The first kappa shape index (κ1) is 15.6. The number of piperidine rings is 1. The van der Waals surface area contributed by atoms with Crippen LogP contribution in [0.25, 0.3) is 0 Å². The molecule has 0 spiro atoms. The van der Waals surface area contributed by atoms with Gasteiger partial charge in [0.05, 0.1) is 0 Å². The number of nitrogens with one attached hydrogen (secondary N) is 1. The maximum absolute atomic E-state index is 12.8. The zero-order chi connectivity index (χ0) is 14.6. The lowest BCUT2D eigenvalue weighted by Crippen LogP contribution is -2.52. The fourth-order valence-corrected chi connectivity index (χ4v) is 2.88. The summed E-state index contributed by atoms with van der Waals surface area (Å²) in [5, 5.41) is 3.11. The number of amides is 1. The number of carbonyl (C=O) groups is 1. The van der Waals surface area contributed by atoms with Crippen LogP contribution in [0.3, 0.4) is 0 Å². The van der Waals surface area contributed by atoms with Gasteiger partial charge in [0.15, 0.2) is 0 Å². The fourth-order valence-electron chi connectivity index (χ4n) is 2.88. The molecule has 2 aliphatic rings. The molecule has 7 heteroatoms. The van der Waals surface area contributed by atoms with Crippen LogP contribution in [-0.4, -0.2) is 55.9 Å². The number of ether oxygens (including phenoxy) is 1. The van der Waals surface area contributed by atoms with E-state index in [2.05, 4.69) is 5.32 Å². The second-order valence-corrected chi connectivity index (χ2v) is 5.45. The summed E-state index contributed by atoms with van der Waals surface area (Å²) in [6, 6.07) is -0.298. The summed E-state index contributed by atoms with van der Waals surface area (Å²) in [7, 11) is 0. The van der Waals surface area contributed by atoms with Crippen LogP contribution >= 0.6 is 0 Å². The van der Waals surface area contributed by atoms with E-state index in [4.69, 9.17) is 4.74 Å². The Morgan fingerprint density at radius 1 is 1.15 bits per heavy atom. The number of halogens is 3. The molecule has 1 amide bonds. The lowest BCUT2D eigenvalue weighted by atomic mass is 9.96. The van der Waals surface area contributed by atoms with Crippen molar-refractivity contribution in [2.24, 2.45) is 5.92 Å². The van der Waals surface area contributed by atoms with E-state index in [1.54, 1.807) is 0 Å². The van der Waals surface area contributed by atoms with Crippen LogP contribution in [0, 0.1) is 5.92 Å². The number of hydrogen-bond donors (Lipinski definition) is 1. The minimum atomic E-state index is -4.34. The molecule has 0 aromatic heterocycles. The number of hydrogen-bond acceptors (Lipinski definition) is 3. The van der Waals surface area contributed by atoms with Crippen LogP contribution in [0.15, 0.2) is 0 Å². The standard InChI is InChI=1S/C13H21F3N2O2/c14-13(15,16)9-18(11-1-5-17-6-2-11)12(19)10-3-7-20-8-4-10/h10-11,17H,1-9H2. The molecule has 0 aromatic rings. The fraction of sp³-hybridized carbons (Fsp3) is 0.923. The summed E-state index contributed by atoms with van der Waals surface area (Å²) in [4.78, 5) is 13.5. The highest BCUT2D eigenvalue weighted by Crippen LogP contribution is 2.26. The molecule has 0 aromatic carbocycles. The van der Waals surface area contributed by atoms with E-state index >= 15 is 0 Å². The van der Waals surface area contributed by atoms with E-state index in [0.717, 1.165) is 4.90 Å². The Bertz CT molecular complexity index is 324. The molecular formula is C13H21F3N2O2. The van der Waals surface area contributed by atoms with E-state index < -0.39 is 12.7 Å². The number of nitrogens with zero attached hydrogens (tertiary/aromatic N) is 1. The highest BCUT2D eigenvalue weighted by molar-refractivity contribution is 5.79. The van der Waals surface area contributed by atoms with Crippen LogP contribution in [0.4, 0.5) is 13.2 Å². The van der Waals surface area contributed by atoms with Gasteiger partial charge in [0.25, 0.3) is 0 Å². The van der Waals surface area contributed by atoms with Crippen molar-refractivity contribution in [1.29, 1.82) is 0 Å². The summed E-state index contributed by atoms with van der Waals surface area (Å²) in [6.07, 6.45) is -2.11. The summed E-state index contributed by atoms with van der Waals surface area (Å²) in [5.74, 6) is -0.668. The van der Waals surface area contributed by atoms with Crippen LogP contribution in [-0.2, 0) is 9.53 Å². The highest BCUT2D eigenvalue weighted by Gasteiger charge is 2.39. The Morgan fingerprint density at radius 2 is 1.75 bits per heavy atom. The molecule has 0 saturated carbocycles. The van der Waals surface area contributed by atoms with Gasteiger partial charge >= 0.3 is 6.18 Å². The largest absolute Gasteiger partial charge is 0.406 e. The third-order valence-electron chi connectivity index (χ3n) is 3.95. The first-order chi connectivity index (χ1) is 9.47. The van der Waals surface area contributed by atoms with Crippen molar-refractivity contribution >= 4 is 5.91 Å². The summed E-state index contributed by atoms with van der Waals surface area (Å²) >= 11 is 0. The quantitative estimate of drug-likeness (QED) is 0.859. The zero-order valence-corrected chi connectivity index (χ0v) is 11.4. The van der Waals surface area contributed by atoms with E-state index in [1.807, 2.05) is 0 Å². The Morgan fingerprint density at radius 3 is 2.30 bits per heavy atom. The van der Waals surface area contributed by atoms with Gasteiger partial charge in [-0.2, -0.15) is 13.2 Å². The minimum absolute atomic E-state index is 0.298. The molecule has 1 N–H and O–H groups in total. The average Bonchev–Trinajstić information content (AvgIpc) is 2.45. The summed E-state index contributed by atoms with van der Waals surface area (Å²) in [6.45, 7) is 1.12. The summed E-state index contributed by atoms with van der Waals surface area (Å²) < 4.78 is 43.4. The van der Waals surface area contributed by atoms with Crippen LogP contribution in [0.5, 0.6) is 0 Å². The van der Waals surface area contributed by atoms with Crippen molar-refractivity contribution in [3.63, 3.8) is 0 Å². The van der Waals surface area contributed by atoms with Crippen molar-refractivity contribution in [3.8, 4) is 0 Å². The average molecular weight is 294 g/mol. The number of alkyl halides is 3. The van der Waals surface area contributed by atoms with Crippen molar-refractivity contribution in [2.75, 3.05) is 32.8 Å². The van der Waals surface area contributed by atoms with Gasteiger partial charge in [0, 0.05) is 25.2 Å². The van der Waals surface area contributed by atoms with Gasteiger partial charge in [0.1, 0.15) is 6.54 Å². The van der Waals surface area contributed by atoms with Gasteiger partial charge in [-0.25, -0.2) is 0 Å². The molecule has 4 nitrogen and oxygen atoms in total. The van der Waals surface area contributed by atoms with Gasteiger partial charge in [-0.1, -0.05) is 0 Å². The molecule has 0 radical (unpaired) electrons. The summed E-state index contributed by atoms with van der Waals surface area (Å²) in [5.41, 5.74) is 0. The van der Waals surface area contributed by atoms with E-state index in [-0.39, 0.29) is 17.9 Å². The molecule has 2 rings (SSSR count). The van der Waals surface area contributed by atoms with Crippen molar-refractivity contribution in [2.45, 2.75) is 37.9 Å². The van der Waals surface area contributed by atoms with Gasteiger partial charge in [-0.15, -0.1) is 0 Å². The lowest BCUT2D eigenvalue weighted by Gasteiger charge is -2.38. The normalized spacial score (nSPS) is 22.8. The molecule has 116 valence electrons. The van der Waals surface area contributed by atoms with Gasteiger partial charge in [-0.05, 0) is 38.8 Å². The van der Waals surface area contributed by atoms with Crippen molar-refractivity contribution in [1.82, 2.24) is 10.2 Å². The van der Waals surface area contributed by atoms with E-state index in [1.165, 1.54) is 0 Å². The molecule has 2 saturated heterocycles. The first-order valence-electron chi connectivity index (χ1n) is 7.13. The van der Waals surface area contributed by atoms with Gasteiger partial charge in [-0.3, -0.25) is 4.79 Å². The molecule has 2 aliphatic heterocycles. The van der Waals surface area contributed by atoms with Gasteiger partial charge in [0.2, 0.25) is 5.91 Å². The minimum Gasteiger partial charge on any atom is -0.381 e. The number of carbonyl (C=O) groups excluding carboxylic acids is 1. The monoisotopic (exact) mass is 294 g/mol. The van der Waals surface area contributed by atoms with Crippen LogP contribution < -0.4 is 5.32 Å². The maximum Gasteiger partial charge on any atom is 0.406 e. The Balaban J connectivity index is 2.05. The SMILES string of the molecule is O=C(C1CCOCC1)N(CC(F)(F)F)C1CCNCC1. The zero-order valence-electron chi connectivity index (χ0n) is 11.4. The van der Waals surface area contributed by atoms with E-state index in [9.17, 15) is 18.0 Å². The second kappa shape index (κ2) is 6.76. The smallest absolute Gasteiger partial charge is 0.381 e. The molecule has 2 fully saturated rings. The van der Waals surface area contributed by atoms with E-state index in [0.29, 0.717) is 52.0 Å². The Labute approximate surface area is 116 Å². The lowest BCUT2D eigenvalue weighted by molar-refractivity contribution is -0.171. The third kappa shape index (κ3) is 4.34. The number of rotatable bonds is 3. The molecule has 0 atom stereocenters. The third-order valence-corrected chi connectivity index (χ3v) is 3.95.